The van der Waals surface area contributed by atoms with Gasteiger partial charge in [0.15, 0.2) is 0 Å². The second kappa shape index (κ2) is 8.24. The molecule has 0 unspecified atom stereocenters. The number of nitrogens with two attached hydrogens (primary N) is 1. The molecule has 1 aromatic rings. The van der Waals surface area contributed by atoms with E-state index in [1.54, 1.807) is 0 Å². The Hall–Kier alpha value is -0.860. The van der Waals surface area contributed by atoms with Crippen molar-refractivity contribution in [3.63, 3.8) is 0 Å². The summed E-state index contributed by atoms with van der Waals surface area (Å²) in [6.45, 7) is 2.23. The standard InChI is InChI=1S/C10H14.H3NO/c1-2-3-7-10-8-5-4-6-9-10;1-2/h4-6,8-9H,2-3,7H2,1H3;2H,1H2. The SMILES string of the molecule is CCCCc1ccccc1.NO. The van der Waals surface area contributed by atoms with Gasteiger partial charge in [-0.1, -0.05) is 43.7 Å². The van der Waals surface area contributed by atoms with Crippen LogP contribution < -0.4 is 5.90 Å². The maximum atomic E-state index is 6.50. The molecular weight excluding hydrogens is 150 g/mol. The Morgan fingerprint density at radius 3 is 2.25 bits per heavy atom. The molecule has 0 radical (unpaired) electrons. The molecule has 0 aliphatic rings. The van der Waals surface area contributed by atoms with Gasteiger partial charge in [-0.05, 0) is 18.4 Å². The van der Waals surface area contributed by atoms with Gasteiger partial charge < -0.3 is 5.21 Å². The largest absolute Gasteiger partial charge is 0.320 e. The molecule has 1 rings (SSSR count). The van der Waals surface area contributed by atoms with Gasteiger partial charge in [0.05, 0.1) is 0 Å². The molecule has 1 aromatic carbocycles. The summed E-state index contributed by atoms with van der Waals surface area (Å²) in [5.41, 5.74) is 1.46. The predicted octanol–water partition coefficient (Wildman–Crippen LogP) is 2.36. The first-order valence-corrected chi connectivity index (χ1v) is 4.23. The number of unbranched alkanes of at least 4 members (excludes halogenated alkanes) is 1. The predicted molar refractivity (Wildman–Crippen MR) is 51.0 cm³/mol. The van der Waals surface area contributed by atoms with Crippen molar-refractivity contribution >= 4 is 0 Å². The molecular formula is C10H17NO. The van der Waals surface area contributed by atoms with Crippen molar-refractivity contribution in [3.8, 4) is 0 Å². The van der Waals surface area contributed by atoms with Crippen LogP contribution in [0.4, 0.5) is 0 Å². The fourth-order valence-electron chi connectivity index (χ4n) is 1.03. The first kappa shape index (κ1) is 11.1. The van der Waals surface area contributed by atoms with Crippen LogP contribution >= 0.6 is 0 Å². The van der Waals surface area contributed by atoms with Gasteiger partial charge >= 0.3 is 0 Å². The molecule has 0 aliphatic heterocycles. The highest BCUT2D eigenvalue weighted by atomic mass is 16.4. The lowest BCUT2D eigenvalue weighted by Crippen LogP contribution is -1.81. The molecule has 12 heavy (non-hydrogen) atoms. The van der Waals surface area contributed by atoms with Crippen molar-refractivity contribution < 1.29 is 5.21 Å². The number of benzene rings is 1. The molecule has 0 heterocycles. The van der Waals surface area contributed by atoms with E-state index in [-0.39, 0.29) is 0 Å². The van der Waals surface area contributed by atoms with Gasteiger partial charge in [0.25, 0.3) is 0 Å². The molecule has 0 amide bonds. The summed E-state index contributed by atoms with van der Waals surface area (Å²) < 4.78 is 0. The highest BCUT2D eigenvalue weighted by molar-refractivity contribution is 5.14. The third-order valence-electron chi connectivity index (χ3n) is 1.66. The number of rotatable bonds is 3. The molecule has 2 heteroatoms. The second-order valence-electron chi connectivity index (χ2n) is 2.59. The van der Waals surface area contributed by atoms with Crippen LogP contribution in [0.25, 0.3) is 0 Å². The van der Waals surface area contributed by atoms with Crippen LogP contribution in [0.5, 0.6) is 0 Å². The monoisotopic (exact) mass is 167 g/mol. The average molecular weight is 167 g/mol. The van der Waals surface area contributed by atoms with Gasteiger partial charge in [-0.3, -0.25) is 0 Å². The summed E-state index contributed by atoms with van der Waals surface area (Å²) in [6, 6.07) is 10.6. The smallest absolute Gasteiger partial charge is 0.0279 e. The van der Waals surface area contributed by atoms with Crippen LogP contribution in [0.1, 0.15) is 25.3 Å². The second-order valence-corrected chi connectivity index (χ2v) is 2.59. The lowest BCUT2D eigenvalue weighted by molar-refractivity contribution is 0.311. The Morgan fingerprint density at radius 2 is 1.75 bits per heavy atom. The van der Waals surface area contributed by atoms with Crippen LogP contribution in [0, 0.1) is 0 Å². The summed E-state index contributed by atoms with van der Waals surface area (Å²) in [5, 5.41) is 6.50. The van der Waals surface area contributed by atoms with Crippen molar-refractivity contribution in [3.05, 3.63) is 35.9 Å². The number of hydrogen-bond acceptors (Lipinski definition) is 2. The average Bonchev–Trinajstić information content (AvgIpc) is 2.19. The molecule has 0 aromatic heterocycles. The first-order valence-electron chi connectivity index (χ1n) is 4.23. The maximum Gasteiger partial charge on any atom is -0.0279 e. The van der Waals surface area contributed by atoms with Crippen molar-refractivity contribution in [1.29, 1.82) is 0 Å². The fourth-order valence-corrected chi connectivity index (χ4v) is 1.03. The van der Waals surface area contributed by atoms with Gasteiger partial charge in [0, 0.05) is 0 Å². The zero-order chi connectivity index (χ0) is 9.23. The molecule has 0 spiro atoms. The molecule has 0 bridgehead atoms. The summed E-state index contributed by atoms with van der Waals surface area (Å²) >= 11 is 0. The Kier molecular flexibility index (Phi) is 7.65. The Balaban J connectivity index is 0.000000561. The Labute approximate surface area is 74.0 Å². The number of hydrogen-bond donors (Lipinski definition) is 2. The molecule has 0 aliphatic carbocycles. The summed E-state index contributed by atoms with van der Waals surface area (Å²) in [7, 11) is 0. The molecule has 0 atom stereocenters. The zero-order valence-corrected chi connectivity index (χ0v) is 7.53. The lowest BCUT2D eigenvalue weighted by Gasteiger charge is -1.96. The third kappa shape index (κ3) is 4.88. The van der Waals surface area contributed by atoms with E-state index in [9.17, 15) is 0 Å². The minimum Gasteiger partial charge on any atom is -0.320 e. The van der Waals surface area contributed by atoms with Gasteiger partial charge in [0.2, 0.25) is 0 Å². The summed E-state index contributed by atoms with van der Waals surface area (Å²) in [4.78, 5) is 0. The van der Waals surface area contributed by atoms with Gasteiger partial charge in [-0.25, -0.2) is 5.90 Å². The molecule has 3 N–H and O–H groups in total. The van der Waals surface area contributed by atoms with E-state index in [1.165, 1.54) is 24.8 Å². The van der Waals surface area contributed by atoms with Crippen molar-refractivity contribution in [2.24, 2.45) is 5.90 Å². The molecule has 68 valence electrons. The molecule has 0 saturated heterocycles. The van der Waals surface area contributed by atoms with E-state index >= 15 is 0 Å². The maximum absolute atomic E-state index is 6.50. The number of aryl methyl sites for hydroxylation is 1. The first-order chi connectivity index (χ1) is 5.93. The summed E-state index contributed by atoms with van der Waals surface area (Å²) in [6.07, 6.45) is 3.83. The minimum absolute atomic E-state index is 1.23. The topological polar surface area (TPSA) is 46.2 Å². The molecule has 0 fully saturated rings. The third-order valence-corrected chi connectivity index (χ3v) is 1.66. The molecule has 2 nitrogen and oxygen atoms in total. The van der Waals surface area contributed by atoms with Crippen LogP contribution in [0.2, 0.25) is 0 Å². The van der Waals surface area contributed by atoms with Gasteiger partial charge in [-0.2, -0.15) is 0 Å². The van der Waals surface area contributed by atoms with Crippen molar-refractivity contribution in [1.82, 2.24) is 0 Å². The minimum atomic E-state index is 1.23. The van der Waals surface area contributed by atoms with E-state index in [2.05, 4.69) is 43.2 Å². The Morgan fingerprint density at radius 1 is 1.17 bits per heavy atom. The highest BCUT2D eigenvalue weighted by Gasteiger charge is 1.87. The summed E-state index contributed by atoms with van der Waals surface area (Å²) in [5.74, 6) is 3.50. The highest BCUT2D eigenvalue weighted by Crippen LogP contribution is 2.03. The van der Waals surface area contributed by atoms with Crippen molar-refractivity contribution in [2.45, 2.75) is 26.2 Å². The van der Waals surface area contributed by atoms with Crippen LogP contribution in [-0.2, 0) is 6.42 Å². The van der Waals surface area contributed by atoms with E-state index in [0.717, 1.165) is 0 Å². The van der Waals surface area contributed by atoms with E-state index < -0.39 is 0 Å². The van der Waals surface area contributed by atoms with E-state index in [0.29, 0.717) is 0 Å². The van der Waals surface area contributed by atoms with E-state index in [1.807, 2.05) is 0 Å². The quantitative estimate of drug-likeness (QED) is 0.679. The van der Waals surface area contributed by atoms with Gasteiger partial charge in [-0.15, -0.1) is 0 Å². The van der Waals surface area contributed by atoms with Gasteiger partial charge in [0.1, 0.15) is 0 Å². The van der Waals surface area contributed by atoms with Crippen LogP contribution in [0.15, 0.2) is 30.3 Å². The molecule has 0 saturated carbocycles. The van der Waals surface area contributed by atoms with E-state index in [4.69, 9.17) is 5.21 Å². The normalized spacial score (nSPS) is 8.58. The van der Waals surface area contributed by atoms with Crippen molar-refractivity contribution in [2.75, 3.05) is 0 Å². The lowest BCUT2D eigenvalue weighted by atomic mass is 10.1. The fraction of sp³-hybridized carbons (Fsp3) is 0.400. The van der Waals surface area contributed by atoms with Crippen LogP contribution in [0.3, 0.4) is 0 Å². The Bertz CT molecular complexity index is 174. The zero-order valence-electron chi connectivity index (χ0n) is 7.53. The van der Waals surface area contributed by atoms with Crippen LogP contribution in [-0.4, -0.2) is 5.21 Å².